The second-order valence-electron chi connectivity index (χ2n) is 10.5. The van der Waals surface area contributed by atoms with Crippen LogP contribution < -0.4 is 15.8 Å². The van der Waals surface area contributed by atoms with Gasteiger partial charge in [0, 0.05) is 29.3 Å². The van der Waals surface area contributed by atoms with Gasteiger partial charge in [0.2, 0.25) is 5.91 Å². The van der Waals surface area contributed by atoms with E-state index >= 15 is 0 Å². The molecular weight excluding hydrogens is 493 g/mol. The molecule has 0 aromatic heterocycles. The molecular formula is C27H28B2F3N3O3. The molecule has 0 bridgehead atoms. The van der Waals surface area contributed by atoms with E-state index in [9.17, 15) is 18.0 Å². The van der Waals surface area contributed by atoms with Gasteiger partial charge in [-0.25, -0.2) is 0 Å². The molecule has 196 valence electrons. The number of carbonyl (C=O) groups excluding carboxylic acids is 1. The fourth-order valence-electron chi connectivity index (χ4n) is 4.83. The second kappa shape index (κ2) is 9.10. The van der Waals surface area contributed by atoms with Gasteiger partial charge in [0.25, 0.3) is 0 Å². The molecule has 3 aromatic carbocycles. The lowest BCUT2D eigenvalue weighted by molar-refractivity contribution is -0.137. The fraction of sp³-hybridized carbons (Fsp3) is 0.296. The Morgan fingerprint density at radius 3 is 1.87 bits per heavy atom. The molecule has 38 heavy (non-hydrogen) atoms. The molecule has 1 fully saturated rings. The Morgan fingerprint density at radius 1 is 0.868 bits per heavy atom. The van der Waals surface area contributed by atoms with Crippen LogP contribution in [-0.4, -0.2) is 38.3 Å². The van der Waals surface area contributed by atoms with Crippen molar-refractivity contribution >= 4 is 47.6 Å². The Bertz CT molecular complexity index is 1380. The van der Waals surface area contributed by atoms with E-state index in [4.69, 9.17) is 9.31 Å². The molecule has 5 rings (SSSR count). The Balaban J connectivity index is 1.70. The average Bonchev–Trinajstić information content (AvgIpc) is 3.08. The number of rotatable bonds is 4. The van der Waals surface area contributed by atoms with Gasteiger partial charge < -0.3 is 25.1 Å². The highest BCUT2D eigenvalue weighted by atomic mass is 19.4. The predicted octanol–water partition coefficient (Wildman–Crippen LogP) is 5.55. The summed E-state index contributed by atoms with van der Waals surface area (Å²) in [6, 6.07) is 16.4. The van der Waals surface area contributed by atoms with Crippen molar-refractivity contribution in [2.24, 2.45) is 0 Å². The number of hydrogen-bond donors (Lipinski definition) is 3. The monoisotopic (exact) mass is 521 g/mol. The maximum atomic E-state index is 13.5. The van der Waals surface area contributed by atoms with Gasteiger partial charge in [-0.05, 0) is 68.4 Å². The van der Waals surface area contributed by atoms with Gasteiger partial charge in [-0.3, -0.25) is 4.79 Å². The van der Waals surface area contributed by atoms with E-state index in [2.05, 4.69) is 15.8 Å². The van der Waals surface area contributed by atoms with Crippen LogP contribution in [0.1, 0.15) is 38.8 Å². The molecule has 6 nitrogen and oxygen atoms in total. The van der Waals surface area contributed by atoms with E-state index in [0.29, 0.717) is 11.0 Å². The Labute approximate surface area is 220 Å². The van der Waals surface area contributed by atoms with E-state index in [1.54, 1.807) is 0 Å². The number of carbonyl (C=O) groups is 1. The van der Waals surface area contributed by atoms with Gasteiger partial charge in [0.1, 0.15) is 0 Å². The van der Waals surface area contributed by atoms with Gasteiger partial charge in [-0.2, -0.15) is 13.2 Å². The molecule has 0 saturated carbocycles. The second-order valence-corrected chi connectivity index (χ2v) is 10.5. The molecule has 2 heterocycles. The number of nitrogens with one attached hydrogen (secondary N) is 3. The smallest absolute Gasteiger partial charge is 0.405 e. The Morgan fingerprint density at radius 2 is 1.39 bits per heavy atom. The van der Waals surface area contributed by atoms with E-state index in [0.717, 1.165) is 34.3 Å². The van der Waals surface area contributed by atoms with Crippen LogP contribution in [0.2, 0.25) is 0 Å². The van der Waals surface area contributed by atoms with E-state index in [1.165, 1.54) is 19.2 Å². The minimum absolute atomic E-state index is 0.247. The maximum Gasteiger partial charge on any atom is 0.495 e. The quantitative estimate of drug-likeness (QED) is 0.310. The zero-order valence-electron chi connectivity index (χ0n) is 21.8. The van der Waals surface area contributed by atoms with Crippen LogP contribution in [0.5, 0.6) is 0 Å². The average molecular weight is 521 g/mol. The summed E-state index contributed by atoms with van der Waals surface area (Å²) in [5, 5.41) is 11.5. The zero-order valence-corrected chi connectivity index (χ0v) is 21.8. The highest BCUT2D eigenvalue weighted by Crippen LogP contribution is 2.43. The van der Waals surface area contributed by atoms with Crippen LogP contribution in [0.4, 0.5) is 24.5 Å². The van der Waals surface area contributed by atoms with Gasteiger partial charge in [-0.1, -0.05) is 36.4 Å². The molecule has 11 heteroatoms. The number of alkyl halides is 3. The van der Waals surface area contributed by atoms with Crippen molar-refractivity contribution in [1.29, 1.82) is 0 Å². The molecule has 1 saturated heterocycles. The first-order valence-corrected chi connectivity index (χ1v) is 12.4. The lowest BCUT2D eigenvalue weighted by Gasteiger charge is -2.32. The Kier molecular flexibility index (Phi) is 6.27. The van der Waals surface area contributed by atoms with Gasteiger partial charge in [0.05, 0.1) is 16.8 Å². The molecule has 0 radical (unpaired) electrons. The standard InChI is InChI=1S/C27H28B2F3N3O3/c1-25(2)26(3,4)38-29(37-25)22(17-12-14-18(15-13-17)27(30,31)32)23(24(36)33-5)28-34-19-10-6-8-16-9-7-11-20(35-28)21(16)19/h6-15,34-35H,1-5H3,(H,33,36)/b23-22+. The van der Waals surface area contributed by atoms with Crippen molar-refractivity contribution in [3.63, 3.8) is 0 Å². The number of anilines is 2. The van der Waals surface area contributed by atoms with Crippen LogP contribution in [0.15, 0.2) is 66.1 Å². The third-order valence-electron chi connectivity index (χ3n) is 7.57. The van der Waals surface area contributed by atoms with Gasteiger partial charge >= 0.3 is 20.3 Å². The Hall–Kier alpha value is -3.43. The van der Waals surface area contributed by atoms with Crippen molar-refractivity contribution < 1.29 is 27.3 Å². The largest absolute Gasteiger partial charge is 0.495 e. The predicted molar refractivity (Wildman–Crippen MR) is 145 cm³/mol. The molecule has 0 aliphatic carbocycles. The first-order chi connectivity index (χ1) is 17.8. The van der Waals surface area contributed by atoms with Gasteiger partial charge in [-0.15, -0.1) is 0 Å². The molecule has 0 atom stereocenters. The minimum Gasteiger partial charge on any atom is -0.405 e. The summed E-state index contributed by atoms with van der Waals surface area (Å²) in [6.45, 7) is 6.79. The van der Waals surface area contributed by atoms with Crippen LogP contribution in [0.3, 0.4) is 0 Å². The van der Waals surface area contributed by atoms with Crippen molar-refractivity contribution in [3.05, 3.63) is 77.3 Å². The number of hydrogen-bond acceptors (Lipinski definition) is 5. The van der Waals surface area contributed by atoms with Crippen LogP contribution in [-0.2, 0) is 20.3 Å². The highest BCUT2D eigenvalue weighted by Gasteiger charge is 2.54. The summed E-state index contributed by atoms with van der Waals surface area (Å²) in [5.74, 6) is -0.425. The summed E-state index contributed by atoms with van der Waals surface area (Å²) in [4.78, 5) is 13.5. The lowest BCUT2D eigenvalue weighted by Crippen LogP contribution is -2.46. The molecule has 1 amide bonds. The summed E-state index contributed by atoms with van der Waals surface area (Å²) in [7, 11) is 0.495. The van der Waals surface area contributed by atoms with Crippen molar-refractivity contribution in [2.45, 2.75) is 45.1 Å². The van der Waals surface area contributed by atoms with Crippen molar-refractivity contribution in [3.8, 4) is 0 Å². The molecule has 2 aliphatic heterocycles. The molecule has 0 unspecified atom stereocenters. The topological polar surface area (TPSA) is 71.6 Å². The number of likely N-dealkylation sites (N-methyl/N-ethyl adjacent to an activating group) is 1. The molecule has 0 spiro atoms. The molecule has 2 aliphatic rings. The summed E-state index contributed by atoms with van der Waals surface area (Å²) in [5.41, 5.74) is 0.349. The third-order valence-corrected chi connectivity index (χ3v) is 7.57. The normalized spacial score (nSPS) is 18.5. The summed E-state index contributed by atoms with van der Waals surface area (Å²) >= 11 is 0. The number of halogens is 3. The number of benzene rings is 3. The van der Waals surface area contributed by atoms with Crippen LogP contribution >= 0.6 is 0 Å². The zero-order chi connectivity index (χ0) is 27.5. The first-order valence-electron chi connectivity index (χ1n) is 12.4. The van der Waals surface area contributed by atoms with Crippen molar-refractivity contribution in [2.75, 3.05) is 17.5 Å². The highest BCUT2D eigenvalue weighted by molar-refractivity contribution is 6.85. The minimum atomic E-state index is -4.49. The molecule has 3 aromatic rings. The van der Waals surface area contributed by atoms with Crippen LogP contribution in [0, 0.1) is 0 Å². The van der Waals surface area contributed by atoms with E-state index < -0.39 is 43.0 Å². The summed E-state index contributed by atoms with van der Waals surface area (Å²) in [6.07, 6.45) is -4.49. The fourth-order valence-corrected chi connectivity index (χ4v) is 4.83. The van der Waals surface area contributed by atoms with E-state index in [-0.39, 0.29) is 5.47 Å². The van der Waals surface area contributed by atoms with Crippen molar-refractivity contribution in [1.82, 2.24) is 5.32 Å². The molecule has 3 N–H and O–H groups in total. The van der Waals surface area contributed by atoms with E-state index in [1.807, 2.05) is 64.1 Å². The number of amides is 1. The maximum absolute atomic E-state index is 13.5. The SMILES string of the molecule is CNC(=O)/C(B1Nc2cccc3cccc(c23)N1)=C(\B1OC(C)(C)C(C)(C)O1)c1ccc(C(F)(F)F)cc1. The third kappa shape index (κ3) is 4.43. The summed E-state index contributed by atoms with van der Waals surface area (Å²) < 4.78 is 52.7. The van der Waals surface area contributed by atoms with Gasteiger partial charge in [0.15, 0.2) is 0 Å². The van der Waals surface area contributed by atoms with Crippen LogP contribution in [0.25, 0.3) is 16.2 Å². The lowest BCUT2D eigenvalue weighted by atomic mass is 9.56. The first kappa shape index (κ1) is 26.2.